The highest BCUT2D eigenvalue weighted by atomic mass is 16.5. The molecule has 0 radical (unpaired) electrons. The smallest absolute Gasteiger partial charge is 0.140 e. The summed E-state index contributed by atoms with van der Waals surface area (Å²) >= 11 is 0. The third-order valence-corrected chi connectivity index (χ3v) is 3.22. The quantitative estimate of drug-likeness (QED) is 0.703. The van der Waals surface area contributed by atoms with Crippen molar-refractivity contribution in [2.45, 2.75) is 26.7 Å². The van der Waals surface area contributed by atoms with Crippen molar-refractivity contribution in [1.82, 2.24) is 4.98 Å². The SMILES string of the molecule is C=Cc1nc(C2=CCCCO2)cc(C(=C)OC)c1C=C.CC. The molecule has 22 heavy (non-hydrogen) atoms. The lowest BCUT2D eigenvalue weighted by molar-refractivity contribution is 0.257. The molecule has 0 amide bonds. The molecule has 0 aliphatic carbocycles. The van der Waals surface area contributed by atoms with Gasteiger partial charge in [-0.05, 0) is 31.1 Å². The molecule has 2 heterocycles. The first-order chi connectivity index (χ1) is 10.7. The number of pyridine rings is 1. The molecule has 0 N–H and O–H groups in total. The summed E-state index contributed by atoms with van der Waals surface area (Å²) in [6, 6.07) is 1.92. The number of rotatable bonds is 5. The molecule has 0 bridgehead atoms. The van der Waals surface area contributed by atoms with Crippen LogP contribution < -0.4 is 0 Å². The molecule has 0 atom stereocenters. The first-order valence-corrected chi connectivity index (χ1v) is 7.57. The molecular weight excluding hydrogens is 274 g/mol. The van der Waals surface area contributed by atoms with Crippen LogP contribution in [-0.4, -0.2) is 18.7 Å². The van der Waals surface area contributed by atoms with Gasteiger partial charge in [-0.1, -0.05) is 39.7 Å². The highest BCUT2D eigenvalue weighted by molar-refractivity contribution is 5.77. The normalized spacial score (nSPS) is 13.0. The number of hydrogen-bond donors (Lipinski definition) is 0. The Balaban J connectivity index is 0.00000116. The maximum atomic E-state index is 5.67. The number of hydrogen-bond acceptors (Lipinski definition) is 3. The second-order valence-corrected chi connectivity index (χ2v) is 4.45. The minimum absolute atomic E-state index is 0.572. The molecule has 3 nitrogen and oxygen atoms in total. The highest BCUT2D eigenvalue weighted by Gasteiger charge is 2.16. The molecule has 0 saturated carbocycles. The predicted octanol–water partition coefficient (Wildman–Crippen LogP) is 5.16. The summed E-state index contributed by atoms with van der Waals surface area (Å²) in [5.41, 5.74) is 3.25. The Labute approximate surface area is 133 Å². The predicted molar refractivity (Wildman–Crippen MR) is 95.0 cm³/mol. The average Bonchev–Trinajstić information content (AvgIpc) is 2.62. The lowest BCUT2D eigenvalue weighted by Gasteiger charge is -2.17. The molecule has 1 aromatic heterocycles. The Kier molecular flexibility index (Phi) is 7.17. The van der Waals surface area contributed by atoms with E-state index in [0.717, 1.165) is 47.7 Å². The van der Waals surface area contributed by atoms with Crippen molar-refractivity contribution in [2.24, 2.45) is 0 Å². The van der Waals surface area contributed by atoms with E-state index in [1.54, 1.807) is 19.3 Å². The largest absolute Gasteiger partial charge is 0.497 e. The maximum Gasteiger partial charge on any atom is 0.140 e. The number of allylic oxidation sites excluding steroid dienone is 1. The minimum atomic E-state index is 0.572. The van der Waals surface area contributed by atoms with Crippen LogP contribution in [0.2, 0.25) is 0 Å². The number of nitrogens with zero attached hydrogens (tertiary/aromatic N) is 1. The van der Waals surface area contributed by atoms with Crippen LogP contribution in [0.5, 0.6) is 0 Å². The van der Waals surface area contributed by atoms with Crippen molar-refractivity contribution in [3.63, 3.8) is 0 Å². The van der Waals surface area contributed by atoms with Gasteiger partial charge >= 0.3 is 0 Å². The Morgan fingerprint density at radius 3 is 2.55 bits per heavy atom. The molecule has 0 aromatic carbocycles. The van der Waals surface area contributed by atoms with Gasteiger partial charge in [-0.2, -0.15) is 0 Å². The van der Waals surface area contributed by atoms with Crippen molar-refractivity contribution in [1.29, 1.82) is 0 Å². The lowest BCUT2D eigenvalue weighted by Crippen LogP contribution is -2.05. The monoisotopic (exact) mass is 299 g/mol. The van der Waals surface area contributed by atoms with Gasteiger partial charge < -0.3 is 9.47 Å². The van der Waals surface area contributed by atoms with Crippen LogP contribution in [0.3, 0.4) is 0 Å². The molecule has 0 unspecified atom stereocenters. The Morgan fingerprint density at radius 2 is 2.05 bits per heavy atom. The molecule has 1 aliphatic heterocycles. The average molecular weight is 299 g/mol. The molecule has 1 aromatic rings. The Morgan fingerprint density at radius 1 is 1.32 bits per heavy atom. The highest BCUT2D eigenvalue weighted by Crippen LogP contribution is 2.28. The Bertz CT molecular complexity index is 585. The molecular formula is C19H25NO2. The molecule has 3 heteroatoms. The van der Waals surface area contributed by atoms with E-state index in [9.17, 15) is 0 Å². The minimum Gasteiger partial charge on any atom is -0.497 e. The van der Waals surface area contributed by atoms with Gasteiger partial charge in [-0.25, -0.2) is 4.98 Å². The lowest BCUT2D eigenvalue weighted by atomic mass is 10.0. The summed E-state index contributed by atoms with van der Waals surface area (Å²) in [5, 5.41) is 0. The van der Waals surface area contributed by atoms with Crippen LogP contribution >= 0.6 is 0 Å². The topological polar surface area (TPSA) is 31.4 Å². The van der Waals surface area contributed by atoms with E-state index in [1.807, 2.05) is 19.9 Å². The Hall–Kier alpha value is -2.29. The zero-order valence-electron chi connectivity index (χ0n) is 13.8. The fourth-order valence-electron chi connectivity index (χ4n) is 2.15. The van der Waals surface area contributed by atoms with Gasteiger partial charge in [-0.15, -0.1) is 0 Å². The van der Waals surface area contributed by atoms with Crippen molar-refractivity contribution in [3.05, 3.63) is 54.4 Å². The maximum absolute atomic E-state index is 5.67. The van der Waals surface area contributed by atoms with E-state index < -0.39 is 0 Å². The summed E-state index contributed by atoms with van der Waals surface area (Å²) in [6.45, 7) is 16.3. The molecule has 118 valence electrons. The summed E-state index contributed by atoms with van der Waals surface area (Å²) < 4.78 is 10.9. The molecule has 1 aliphatic rings. The van der Waals surface area contributed by atoms with E-state index >= 15 is 0 Å². The van der Waals surface area contributed by atoms with Crippen LogP contribution in [0.4, 0.5) is 0 Å². The third-order valence-electron chi connectivity index (χ3n) is 3.22. The fourth-order valence-corrected chi connectivity index (χ4v) is 2.15. The molecule has 0 saturated heterocycles. The van der Waals surface area contributed by atoms with E-state index in [1.165, 1.54) is 0 Å². The van der Waals surface area contributed by atoms with Crippen LogP contribution in [0.25, 0.3) is 23.7 Å². The van der Waals surface area contributed by atoms with Gasteiger partial charge in [0.2, 0.25) is 0 Å². The van der Waals surface area contributed by atoms with E-state index in [-0.39, 0.29) is 0 Å². The number of aromatic nitrogens is 1. The van der Waals surface area contributed by atoms with Gasteiger partial charge in [0.05, 0.1) is 19.4 Å². The van der Waals surface area contributed by atoms with Gasteiger partial charge in [0.15, 0.2) is 0 Å². The summed E-state index contributed by atoms with van der Waals surface area (Å²) in [5.74, 6) is 1.38. The summed E-state index contributed by atoms with van der Waals surface area (Å²) in [4.78, 5) is 4.58. The van der Waals surface area contributed by atoms with Crippen molar-refractivity contribution in [3.8, 4) is 0 Å². The van der Waals surface area contributed by atoms with Crippen molar-refractivity contribution in [2.75, 3.05) is 13.7 Å². The van der Waals surface area contributed by atoms with E-state index in [4.69, 9.17) is 9.47 Å². The van der Waals surface area contributed by atoms with E-state index in [2.05, 4.69) is 30.8 Å². The zero-order valence-corrected chi connectivity index (χ0v) is 13.8. The van der Waals surface area contributed by atoms with E-state index in [0.29, 0.717) is 5.76 Å². The van der Waals surface area contributed by atoms with Gasteiger partial charge in [-0.3, -0.25) is 0 Å². The number of ether oxygens (including phenoxy) is 2. The molecule has 0 fully saturated rings. The molecule has 2 rings (SSSR count). The zero-order chi connectivity index (χ0) is 16.5. The van der Waals surface area contributed by atoms with Gasteiger partial charge in [0.25, 0.3) is 0 Å². The van der Waals surface area contributed by atoms with Gasteiger partial charge in [0, 0.05) is 11.1 Å². The van der Waals surface area contributed by atoms with Crippen molar-refractivity contribution < 1.29 is 9.47 Å². The van der Waals surface area contributed by atoms with Gasteiger partial charge in [0.1, 0.15) is 17.2 Å². The first-order valence-electron chi connectivity index (χ1n) is 7.57. The first kappa shape index (κ1) is 17.8. The third kappa shape index (κ3) is 3.88. The number of methoxy groups -OCH3 is 1. The standard InChI is InChI=1S/C17H19NO2.C2H6/c1-5-13-14(12(3)19-4)11-16(18-15(13)6-2)17-9-7-8-10-20-17;1-2/h5-6,9,11H,1-3,7-8,10H2,4H3;1-2H3. The van der Waals surface area contributed by atoms with Crippen LogP contribution in [0.1, 0.15) is 49.2 Å². The van der Waals surface area contributed by atoms with Crippen LogP contribution in [-0.2, 0) is 9.47 Å². The molecule has 0 spiro atoms. The van der Waals surface area contributed by atoms with Crippen LogP contribution in [0.15, 0.2) is 31.9 Å². The second kappa shape index (κ2) is 8.88. The fraction of sp³-hybridized carbons (Fsp3) is 0.316. The summed E-state index contributed by atoms with van der Waals surface area (Å²) in [6.07, 6.45) is 7.55. The van der Waals surface area contributed by atoms with Crippen LogP contribution in [0, 0.1) is 0 Å². The van der Waals surface area contributed by atoms with Crippen molar-refractivity contribution >= 4 is 23.7 Å². The summed E-state index contributed by atoms with van der Waals surface area (Å²) in [7, 11) is 1.60. The second-order valence-electron chi connectivity index (χ2n) is 4.45.